The van der Waals surface area contributed by atoms with E-state index in [-0.39, 0.29) is 11.6 Å². The van der Waals surface area contributed by atoms with Crippen molar-refractivity contribution < 1.29 is 9.50 Å². The number of hydrogen-bond acceptors (Lipinski definition) is 3. The van der Waals surface area contributed by atoms with Crippen LogP contribution in [0.1, 0.15) is 5.56 Å². The molecule has 0 amide bonds. The number of phenols is 1. The van der Waals surface area contributed by atoms with E-state index in [1.165, 1.54) is 17.8 Å². The van der Waals surface area contributed by atoms with Crippen molar-refractivity contribution in [1.82, 2.24) is 4.90 Å². The first kappa shape index (κ1) is 13.9. The molecule has 0 aliphatic heterocycles. The average Bonchev–Trinajstić information content (AvgIpc) is 2.32. The molecule has 0 fully saturated rings. The van der Waals surface area contributed by atoms with Crippen molar-refractivity contribution in [2.45, 2.75) is 16.3 Å². The second-order valence-corrected chi connectivity index (χ2v) is 5.70. The number of rotatable bonds is 4. The number of benzene rings is 2. The maximum atomic E-state index is 13.3. The predicted octanol–water partition coefficient (Wildman–Crippen LogP) is 3.74. The number of hydrogen-bond donors (Lipinski definition) is 1. The lowest BCUT2D eigenvalue weighted by atomic mass is 10.2. The van der Waals surface area contributed by atoms with Gasteiger partial charge in [-0.1, -0.05) is 17.8 Å². The Kier molecular flexibility index (Phi) is 4.45. The summed E-state index contributed by atoms with van der Waals surface area (Å²) in [7, 11) is 3.90. The fourth-order valence-corrected chi connectivity index (χ4v) is 2.76. The van der Waals surface area contributed by atoms with Gasteiger partial charge < -0.3 is 10.0 Å². The molecule has 2 aromatic carbocycles. The van der Waals surface area contributed by atoms with Gasteiger partial charge in [0.15, 0.2) is 0 Å². The maximum absolute atomic E-state index is 13.3. The molecule has 0 aliphatic rings. The van der Waals surface area contributed by atoms with E-state index in [0.717, 1.165) is 15.4 Å². The second kappa shape index (κ2) is 6.08. The Morgan fingerprint density at radius 1 is 1.16 bits per heavy atom. The molecule has 0 radical (unpaired) electrons. The van der Waals surface area contributed by atoms with Crippen molar-refractivity contribution in [2.75, 3.05) is 14.1 Å². The minimum absolute atomic E-state index is 0.225. The normalized spacial score (nSPS) is 10.9. The lowest BCUT2D eigenvalue weighted by molar-refractivity contribution is 0.398. The third kappa shape index (κ3) is 3.98. The summed E-state index contributed by atoms with van der Waals surface area (Å²) in [5.41, 5.74) is 0.943. The van der Waals surface area contributed by atoms with Crippen LogP contribution in [0, 0.1) is 5.82 Å². The number of phenolic OH excluding ortho intramolecular Hbond substituents is 1. The van der Waals surface area contributed by atoms with E-state index in [1.807, 2.05) is 25.1 Å². The van der Waals surface area contributed by atoms with Crippen molar-refractivity contribution >= 4 is 11.8 Å². The van der Waals surface area contributed by atoms with Gasteiger partial charge in [0.2, 0.25) is 0 Å². The van der Waals surface area contributed by atoms with Gasteiger partial charge in [-0.15, -0.1) is 0 Å². The Hall–Kier alpha value is -1.52. The van der Waals surface area contributed by atoms with Crippen LogP contribution in [-0.4, -0.2) is 24.1 Å². The van der Waals surface area contributed by atoms with Gasteiger partial charge in [-0.3, -0.25) is 0 Å². The first-order valence-corrected chi connectivity index (χ1v) is 6.76. The Labute approximate surface area is 116 Å². The largest absolute Gasteiger partial charge is 0.508 e. The molecule has 1 N–H and O–H groups in total. The monoisotopic (exact) mass is 277 g/mol. The fourth-order valence-electron chi connectivity index (χ4n) is 1.79. The van der Waals surface area contributed by atoms with Crippen LogP contribution < -0.4 is 0 Å². The molecule has 0 aromatic heterocycles. The zero-order valence-electron chi connectivity index (χ0n) is 10.9. The summed E-state index contributed by atoms with van der Waals surface area (Å²) in [6.07, 6.45) is 0. The van der Waals surface area contributed by atoms with E-state index in [0.29, 0.717) is 6.54 Å². The van der Waals surface area contributed by atoms with Gasteiger partial charge in [0.05, 0.1) is 0 Å². The maximum Gasteiger partial charge on any atom is 0.123 e. The smallest absolute Gasteiger partial charge is 0.123 e. The quantitative estimate of drug-likeness (QED) is 0.921. The van der Waals surface area contributed by atoms with E-state index < -0.39 is 0 Å². The van der Waals surface area contributed by atoms with Crippen LogP contribution in [0.5, 0.6) is 5.75 Å². The van der Waals surface area contributed by atoms with Gasteiger partial charge in [0.25, 0.3) is 0 Å². The second-order valence-electron chi connectivity index (χ2n) is 4.59. The van der Waals surface area contributed by atoms with Crippen molar-refractivity contribution in [2.24, 2.45) is 0 Å². The van der Waals surface area contributed by atoms with Crippen LogP contribution in [0.15, 0.2) is 52.3 Å². The van der Waals surface area contributed by atoms with Gasteiger partial charge in [-0.25, -0.2) is 4.39 Å². The number of nitrogens with zero attached hydrogens (tertiary/aromatic N) is 1. The fraction of sp³-hybridized carbons (Fsp3) is 0.200. The van der Waals surface area contributed by atoms with Crippen molar-refractivity contribution in [3.8, 4) is 5.75 Å². The van der Waals surface area contributed by atoms with E-state index in [9.17, 15) is 9.50 Å². The van der Waals surface area contributed by atoms with E-state index in [2.05, 4.69) is 0 Å². The number of aromatic hydroxyl groups is 1. The van der Waals surface area contributed by atoms with Crippen LogP contribution in [0.25, 0.3) is 0 Å². The summed E-state index contributed by atoms with van der Waals surface area (Å²) in [6, 6.07) is 11.9. The molecule has 0 unspecified atom stereocenters. The Bertz CT molecular complexity index is 572. The standard InChI is InChI=1S/C15H16FNOS/c1-17(2)10-11-8-12(16)6-7-15(11)19-14-5-3-4-13(18)9-14/h3-9,18H,10H2,1-2H3. The van der Waals surface area contributed by atoms with Crippen LogP contribution in [0.2, 0.25) is 0 Å². The van der Waals surface area contributed by atoms with E-state index in [4.69, 9.17) is 0 Å². The van der Waals surface area contributed by atoms with E-state index >= 15 is 0 Å². The van der Waals surface area contributed by atoms with Crippen LogP contribution in [0.4, 0.5) is 4.39 Å². The van der Waals surface area contributed by atoms with Crippen LogP contribution in [-0.2, 0) is 6.54 Å². The molecule has 2 rings (SSSR count). The van der Waals surface area contributed by atoms with Crippen LogP contribution >= 0.6 is 11.8 Å². The van der Waals surface area contributed by atoms with Crippen LogP contribution in [0.3, 0.4) is 0 Å². The van der Waals surface area contributed by atoms with Crippen molar-refractivity contribution in [3.63, 3.8) is 0 Å². The van der Waals surface area contributed by atoms with Crippen molar-refractivity contribution in [3.05, 3.63) is 53.8 Å². The Morgan fingerprint density at radius 3 is 2.63 bits per heavy atom. The van der Waals surface area contributed by atoms with Gasteiger partial charge in [-0.2, -0.15) is 0 Å². The average molecular weight is 277 g/mol. The summed E-state index contributed by atoms with van der Waals surface area (Å²) in [4.78, 5) is 3.94. The summed E-state index contributed by atoms with van der Waals surface area (Å²) >= 11 is 1.53. The van der Waals surface area contributed by atoms with Gasteiger partial charge in [0.1, 0.15) is 11.6 Å². The summed E-state index contributed by atoms with van der Waals surface area (Å²) in [5.74, 6) is 0.0124. The zero-order valence-corrected chi connectivity index (χ0v) is 11.7. The lowest BCUT2D eigenvalue weighted by Gasteiger charge is -2.14. The molecule has 0 heterocycles. The Balaban J connectivity index is 2.28. The highest BCUT2D eigenvalue weighted by atomic mass is 32.2. The third-order valence-corrected chi connectivity index (χ3v) is 3.66. The molecule has 2 aromatic rings. The highest BCUT2D eigenvalue weighted by Crippen LogP contribution is 2.32. The molecule has 0 spiro atoms. The first-order valence-electron chi connectivity index (χ1n) is 5.94. The Morgan fingerprint density at radius 2 is 1.95 bits per heavy atom. The summed E-state index contributed by atoms with van der Waals surface area (Å²) in [6.45, 7) is 0.679. The van der Waals surface area contributed by atoms with Gasteiger partial charge >= 0.3 is 0 Å². The molecular weight excluding hydrogens is 261 g/mol. The molecule has 2 nitrogen and oxygen atoms in total. The number of halogens is 1. The first-order chi connectivity index (χ1) is 9.04. The van der Waals surface area contributed by atoms with Crippen molar-refractivity contribution in [1.29, 1.82) is 0 Å². The minimum Gasteiger partial charge on any atom is -0.508 e. The van der Waals surface area contributed by atoms with Gasteiger partial charge in [0, 0.05) is 16.3 Å². The molecule has 19 heavy (non-hydrogen) atoms. The van der Waals surface area contributed by atoms with Gasteiger partial charge in [-0.05, 0) is 56.1 Å². The molecule has 0 bridgehead atoms. The zero-order chi connectivity index (χ0) is 13.8. The molecule has 4 heteroatoms. The molecule has 100 valence electrons. The molecule has 0 saturated carbocycles. The topological polar surface area (TPSA) is 23.5 Å². The molecule has 0 aliphatic carbocycles. The SMILES string of the molecule is CN(C)Cc1cc(F)ccc1Sc1cccc(O)c1. The predicted molar refractivity (Wildman–Crippen MR) is 76.0 cm³/mol. The summed E-state index contributed by atoms with van der Waals surface area (Å²) < 4.78 is 13.3. The highest BCUT2D eigenvalue weighted by Gasteiger charge is 2.07. The van der Waals surface area contributed by atoms with E-state index in [1.54, 1.807) is 30.3 Å². The lowest BCUT2D eigenvalue weighted by Crippen LogP contribution is -2.11. The molecule has 0 atom stereocenters. The molecular formula is C15H16FNOS. The minimum atomic E-state index is -0.225. The summed E-state index contributed by atoms with van der Waals surface area (Å²) in [5, 5.41) is 9.47. The highest BCUT2D eigenvalue weighted by molar-refractivity contribution is 7.99. The third-order valence-electron chi connectivity index (χ3n) is 2.55. The molecule has 0 saturated heterocycles.